The van der Waals surface area contributed by atoms with Gasteiger partial charge in [-0.15, -0.1) is 0 Å². The van der Waals surface area contributed by atoms with E-state index in [1.165, 1.54) is 51.4 Å². The van der Waals surface area contributed by atoms with E-state index in [0.29, 0.717) is 11.9 Å². The highest BCUT2D eigenvalue weighted by Crippen LogP contribution is 2.45. The van der Waals surface area contributed by atoms with Crippen LogP contribution >= 0.6 is 0 Å². The molecule has 0 unspecified atom stereocenters. The summed E-state index contributed by atoms with van der Waals surface area (Å²) in [4.78, 5) is 0. The third-order valence-corrected chi connectivity index (χ3v) is 5.00. The predicted molar refractivity (Wildman–Crippen MR) is 80.8 cm³/mol. The zero-order valence-corrected chi connectivity index (χ0v) is 12.3. The van der Waals surface area contributed by atoms with Crippen molar-refractivity contribution in [3.05, 3.63) is 29.8 Å². The number of benzene rings is 1. The first-order valence-electron chi connectivity index (χ1n) is 8.26. The first kappa shape index (κ1) is 13.9. The van der Waals surface area contributed by atoms with E-state index in [2.05, 4.69) is 6.07 Å². The van der Waals surface area contributed by atoms with Gasteiger partial charge in [0.15, 0.2) is 0 Å². The van der Waals surface area contributed by atoms with E-state index in [-0.39, 0.29) is 5.60 Å². The molecule has 0 saturated heterocycles. The van der Waals surface area contributed by atoms with Crippen molar-refractivity contribution in [2.45, 2.75) is 75.9 Å². The molecule has 0 atom stereocenters. The van der Waals surface area contributed by atoms with E-state index < -0.39 is 0 Å². The van der Waals surface area contributed by atoms with E-state index in [1.54, 1.807) is 6.07 Å². The predicted octanol–water partition coefficient (Wildman–Crippen LogP) is 4.90. The molecule has 1 aromatic carbocycles. The molecule has 2 nitrogen and oxygen atoms in total. The molecule has 2 fully saturated rings. The average molecular weight is 274 g/mol. The number of aromatic hydroxyl groups is 1. The second-order valence-electron chi connectivity index (χ2n) is 6.45. The molecular formula is C18H26O2. The van der Waals surface area contributed by atoms with Crippen LogP contribution in [0.3, 0.4) is 0 Å². The largest absolute Gasteiger partial charge is 0.508 e. The lowest BCUT2D eigenvalue weighted by Crippen LogP contribution is -2.37. The summed E-state index contributed by atoms with van der Waals surface area (Å²) in [5.74, 6) is 0.408. The molecule has 0 aromatic heterocycles. The molecule has 2 aliphatic carbocycles. The summed E-state index contributed by atoms with van der Waals surface area (Å²) in [5.41, 5.74) is 0.788. The zero-order chi connectivity index (χ0) is 13.8. The van der Waals surface area contributed by atoms with Gasteiger partial charge in [0.1, 0.15) is 5.75 Å². The molecule has 2 saturated carbocycles. The van der Waals surface area contributed by atoms with Gasteiger partial charge < -0.3 is 9.84 Å². The van der Waals surface area contributed by atoms with Gasteiger partial charge in [0, 0.05) is 5.56 Å². The Bertz CT molecular complexity index is 429. The Morgan fingerprint density at radius 3 is 2.25 bits per heavy atom. The Kier molecular flexibility index (Phi) is 4.30. The Morgan fingerprint density at radius 1 is 0.900 bits per heavy atom. The first-order valence-corrected chi connectivity index (χ1v) is 8.26. The lowest BCUT2D eigenvalue weighted by Gasteiger charge is -2.41. The summed E-state index contributed by atoms with van der Waals surface area (Å²) in [6, 6.07) is 7.78. The van der Waals surface area contributed by atoms with Crippen molar-refractivity contribution in [2.24, 2.45) is 0 Å². The summed E-state index contributed by atoms with van der Waals surface area (Å²) in [7, 11) is 0. The standard InChI is InChI=1S/C18H26O2/c19-17-12-6-5-11-16(17)18(13-7-2-8-14-18)20-15-9-3-1-4-10-15/h5-6,11-12,15,19H,1-4,7-10,13-14H2. The zero-order valence-electron chi connectivity index (χ0n) is 12.3. The third kappa shape index (κ3) is 2.85. The first-order chi connectivity index (χ1) is 9.80. The molecule has 0 radical (unpaired) electrons. The van der Waals surface area contributed by atoms with Crippen LogP contribution in [-0.4, -0.2) is 11.2 Å². The fraction of sp³-hybridized carbons (Fsp3) is 0.667. The van der Waals surface area contributed by atoms with Crippen molar-refractivity contribution >= 4 is 0 Å². The maximum atomic E-state index is 10.3. The van der Waals surface area contributed by atoms with E-state index in [1.807, 2.05) is 12.1 Å². The van der Waals surface area contributed by atoms with Gasteiger partial charge >= 0.3 is 0 Å². The van der Waals surface area contributed by atoms with Gasteiger partial charge in [0.25, 0.3) is 0 Å². The Morgan fingerprint density at radius 2 is 1.55 bits per heavy atom. The fourth-order valence-electron chi connectivity index (χ4n) is 3.93. The van der Waals surface area contributed by atoms with E-state index in [9.17, 15) is 5.11 Å². The number of phenolic OH excluding ortho intramolecular Hbond substituents is 1. The molecule has 0 bridgehead atoms. The smallest absolute Gasteiger partial charge is 0.121 e. The minimum absolute atomic E-state index is 0.231. The molecule has 2 heteroatoms. The minimum Gasteiger partial charge on any atom is -0.508 e. The molecule has 3 rings (SSSR count). The van der Waals surface area contributed by atoms with Crippen molar-refractivity contribution in [2.75, 3.05) is 0 Å². The second-order valence-corrected chi connectivity index (χ2v) is 6.45. The second kappa shape index (κ2) is 6.17. The van der Waals surface area contributed by atoms with Crippen molar-refractivity contribution < 1.29 is 9.84 Å². The van der Waals surface area contributed by atoms with Gasteiger partial charge in [0.05, 0.1) is 11.7 Å². The van der Waals surface area contributed by atoms with Crippen molar-refractivity contribution in [3.8, 4) is 5.75 Å². The lowest BCUT2D eigenvalue weighted by molar-refractivity contribution is -0.130. The molecule has 0 amide bonds. The molecule has 0 aliphatic heterocycles. The molecule has 1 aromatic rings. The highest BCUT2D eigenvalue weighted by Gasteiger charge is 2.39. The van der Waals surface area contributed by atoms with Crippen molar-refractivity contribution in [1.29, 1.82) is 0 Å². The minimum atomic E-state index is -0.231. The van der Waals surface area contributed by atoms with Crippen LogP contribution in [0.1, 0.15) is 69.8 Å². The number of ether oxygens (including phenoxy) is 1. The van der Waals surface area contributed by atoms with Gasteiger partial charge in [-0.1, -0.05) is 56.7 Å². The number of hydrogen-bond donors (Lipinski definition) is 1. The summed E-state index contributed by atoms with van der Waals surface area (Å²) >= 11 is 0. The van der Waals surface area contributed by atoms with Gasteiger partial charge in [-0.3, -0.25) is 0 Å². The van der Waals surface area contributed by atoms with E-state index in [4.69, 9.17) is 4.74 Å². The van der Waals surface area contributed by atoms with Crippen LogP contribution in [0.25, 0.3) is 0 Å². The SMILES string of the molecule is Oc1ccccc1C1(OC2CCCCC2)CCCCC1. The Labute approximate surface area is 122 Å². The van der Waals surface area contributed by atoms with Crippen LogP contribution in [0, 0.1) is 0 Å². The third-order valence-electron chi connectivity index (χ3n) is 5.00. The molecule has 0 heterocycles. The van der Waals surface area contributed by atoms with E-state index >= 15 is 0 Å². The fourth-order valence-corrected chi connectivity index (χ4v) is 3.93. The van der Waals surface area contributed by atoms with Crippen LogP contribution in [0.2, 0.25) is 0 Å². The van der Waals surface area contributed by atoms with Gasteiger partial charge in [-0.05, 0) is 31.7 Å². The summed E-state index contributed by atoms with van der Waals surface area (Å²) in [6.07, 6.45) is 12.5. The van der Waals surface area contributed by atoms with Crippen LogP contribution in [-0.2, 0) is 10.3 Å². The Hall–Kier alpha value is -1.02. The summed E-state index contributed by atoms with van der Waals surface area (Å²) < 4.78 is 6.63. The summed E-state index contributed by atoms with van der Waals surface area (Å²) in [5, 5.41) is 10.3. The van der Waals surface area contributed by atoms with Gasteiger partial charge in [0.2, 0.25) is 0 Å². The highest BCUT2D eigenvalue weighted by molar-refractivity contribution is 5.37. The maximum absolute atomic E-state index is 10.3. The van der Waals surface area contributed by atoms with Gasteiger partial charge in [-0.2, -0.15) is 0 Å². The van der Waals surface area contributed by atoms with Crippen LogP contribution in [0.15, 0.2) is 24.3 Å². The van der Waals surface area contributed by atoms with Crippen LogP contribution in [0.4, 0.5) is 0 Å². The van der Waals surface area contributed by atoms with Crippen molar-refractivity contribution in [1.82, 2.24) is 0 Å². The molecular weight excluding hydrogens is 248 g/mol. The lowest BCUT2D eigenvalue weighted by atomic mass is 9.78. The van der Waals surface area contributed by atoms with Crippen LogP contribution < -0.4 is 0 Å². The Balaban J connectivity index is 1.85. The summed E-state index contributed by atoms with van der Waals surface area (Å²) in [6.45, 7) is 0. The number of phenols is 1. The molecule has 1 N–H and O–H groups in total. The molecule has 2 aliphatic rings. The number of hydrogen-bond acceptors (Lipinski definition) is 2. The number of rotatable bonds is 3. The van der Waals surface area contributed by atoms with Gasteiger partial charge in [-0.25, -0.2) is 0 Å². The molecule has 20 heavy (non-hydrogen) atoms. The highest BCUT2D eigenvalue weighted by atomic mass is 16.5. The molecule has 110 valence electrons. The number of para-hydroxylation sites is 1. The normalized spacial score (nSPS) is 23.6. The quantitative estimate of drug-likeness (QED) is 0.849. The van der Waals surface area contributed by atoms with E-state index in [0.717, 1.165) is 18.4 Å². The van der Waals surface area contributed by atoms with Crippen LogP contribution in [0.5, 0.6) is 5.75 Å². The van der Waals surface area contributed by atoms with Crippen molar-refractivity contribution in [3.63, 3.8) is 0 Å². The molecule has 0 spiro atoms. The topological polar surface area (TPSA) is 29.5 Å². The monoisotopic (exact) mass is 274 g/mol. The average Bonchev–Trinajstić information content (AvgIpc) is 2.49. The maximum Gasteiger partial charge on any atom is 0.121 e.